The molecular weight excluding hydrogens is 136 g/mol. The molecule has 2 fully saturated rings. The highest BCUT2D eigenvalue weighted by Crippen LogP contribution is 2.43. The van der Waals surface area contributed by atoms with E-state index in [4.69, 9.17) is 4.74 Å². The van der Waals surface area contributed by atoms with Crippen LogP contribution in [0.4, 0.5) is 0 Å². The Hall–Kier alpha value is -0.0400. The summed E-state index contributed by atoms with van der Waals surface area (Å²) in [5.74, 6) is 3.61. The second-order valence-electron chi connectivity index (χ2n) is 4.40. The van der Waals surface area contributed by atoms with Gasteiger partial charge < -0.3 is 4.74 Å². The monoisotopic (exact) mass is 154 g/mol. The van der Waals surface area contributed by atoms with Crippen LogP contribution in [-0.4, -0.2) is 13.2 Å². The Balaban J connectivity index is 2.07. The third-order valence-electron chi connectivity index (χ3n) is 3.66. The first kappa shape index (κ1) is 7.60. The van der Waals surface area contributed by atoms with Crippen molar-refractivity contribution in [2.45, 2.75) is 26.7 Å². The van der Waals surface area contributed by atoms with Crippen molar-refractivity contribution < 1.29 is 4.74 Å². The zero-order valence-corrected chi connectivity index (χ0v) is 7.55. The fourth-order valence-electron chi connectivity index (χ4n) is 2.81. The van der Waals surface area contributed by atoms with Crippen LogP contribution in [-0.2, 0) is 4.74 Å². The number of fused-ring (bicyclic) bond motifs is 1. The third-order valence-corrected chi connectivity index (χ3v) is 3.66. The third kappa shape index (κ3) is 1.20. The van der Waals surface area contributed by atoms with Crippen LogP contribution in [0.25, 0.3) is 0 Å². The van der Waals surface area contributed by atoms with Gasteiger partial charge in [0.05, 0.1) is 0 Å². The van der Waals surface area contributed by atoms with E-state index in [0.29, 0.717) is 0 Å². The van der Waals surface area contributed by atoms with Gasteiger partial charge in [-0.2, -0.15) is 0 Å². The Labute approximate surface area is 69.1 Å². The lowest BCUT2D eigenvalue weighted by Crippen LogP contribution is -2.32. The summed E-state index contributed by atoms with van der Waals surface area (Å²) in [6, 6.07) is 0. The predicted octanol–water partition coefficient (Wildman–Crippen LogP) is 2.32. The van der Waals surface area contributed by atoms with Crippen LogP contribution >= 0.6 is 0 Å². The minimum atomic E-state index is 0.818. The second-order valence-corrected chi connectivity index (χ2v) is 4.40. The van der Waals surface area contributed by atoms with Gasteiger partial charge in [0.2, 0.25) is 0 Å². The van der Waals surface area contributed by atoms with Crippen molar-refractivity contribution in [3.05, 3.63) is 0 Å². The predicted molar refractivity (Wildman–Crippen MR) is 45.4 cm³/mol. The smallest absolute Gasteiger partial charge is 0.0499 e. The Morgan fingerprint density at radius 1 is 0.909 bits per heavy atom. The normalized spacial score (nSPS) is 50.7. The average Bonchev–Trinajstić information content (AvgIpc) is 2.35. The van der Waals surface area contributed by atoms with Crippen LogP contribution in [0.5, 0.6) is 0 Å². The van der Waals surface area contributed by atoms with E-state index in [1.807, 2.05) is 0 Å². The first-order valence-electron chi connectivity index (χ1n) is 4.87. The van der Waals surface area contributed by atoms with Crippen molar-refractivity contribution in [2.24, 2.45) is 23.7 Å². The van der Waals surface area contributed by atoms with Crippen molar-refractivity contribution in [1.82, 2.24) is 0 Å². The van der Waals surface area contributed by atoms with Gasteiger partial charge in [-0.25, -0.2) is 0 Å². The minimum Gasteiger partial charge on any atom is -0.381 e. The molecule has 0 aromatic rings. The summed E-state index contributed by atoms with van der Waals surface area (Å²) >= 11 is 0. The molecule has 64 valence electrons. The maximum Gasteiger partial charge on any atom is 0.0499 e. The molecule has 1 saturated heterocycles. The van der Waals surface area contributed by atoms with E-state index in [2.05, 4.69) is 13.8 Å². The Morgan fingerprint density at radius 3 is 2.45 bits per heavy atom. The molecule has 11 heavy (non-hydrogen) atoms. The summed E-state index contributed by atoms with van der Waals surface area (Å²) in [6.45, 7) is 6.77. The van der Waals surface area contributed by atoms with Crippen molar-refractivity contribution in [3.8, 4) is 0 Å². The molecule has 0 aromatic heterocycles. The van der Waals surface area contributed by atoms with Crippen LogP contribution in [0.15, 0.2) is 0 Å². The summed E-state index contributed by atoms with van der Waals surface area (Å²) in [4.78, 5) is 0. The van der Waals surface area contributed by atoms with Crippen LogP contribution < -0.4 is 0 Å². The molecule has 2 aliphatic rings. The van der Waals surface area contributed by atoms with Crippen molar-refractivity contribution in [1.29, 1.82) is 0 Å². The van der Waals surface area contributed by atoms with Gasteiger partial charge in [0.25, 0.3) is 0 Å². The number of rotatable bonds is 0. The highest BCUT2D eigenvalue weighted by molar-refractivity contribution is 4.87. The fraction of sp³-hybridized carbons (Fsp3) is 1.00. The summed E-state index contributed by atoms with van der Waals surface area (Å²) in [5, 5.41) is 0. The lowest BCUT2D eigenvalue weighted by molar-refractivity contribution is -0.0200. The molecule has 1 saturated carbocycles. The Kier molecular flexibility index (Phi) is 1.92. The van der Waals surface area contributed by atoms with E-state index in [-0.39, 0.29) is 0 Å². The van der Waals surface area contributed by atoms with Crippen LogP contribution in [0.3, 0.4) is 0 Å². The number of ether oxygens (including phenoxy) is 1. The highest BCUT2D eigenvalue weighted by Gasteiger charge is 2.39. The zero-order valence-electron chi connectivity index (χ0n) is 7.55. The first-order valence-corrected chi connectivity index (χ1v) is 4.87. The molecule has 1 heteroatoms. The maximum absolute atomic E-state index is 5.57. The van der Waals surface area contributed by atoms with Gasteiger partial charge in [0.15, 0.2) is 0 Å². The molecule has 0 unspecified atom stereocenters. The average molecular weight is 154 g/mol. The molecule has 0 bridgehead atoms. The molecule has 4 atom stereocenters. The van der Waals surface area contributed by atoms with Gasteiger partial charge >= 0.3 is 0 Å². The fourth-order valence-corrected chi connectivity index (χ4v) is 2.81. The van der Waals surface area contributed by atoms with Gasteiger partial charge in [-0.15, -0.1) is 0 Å². The van der Waals surface area contributed by atoms with Crippen LogP contribution in [0.2, 0.25) is 0 Å². The molecule has 0 aromatic carbocycles. The van der Waals surface area contributed by atoms with E-state index < -0.39 is 0 Å². The molecule has 1 aliphatic carbocycles. The van der Waals surface area contributed by atoms with Gasteiger partial charge in [-0.1, -0.05) is 20.3 Å². The molecule has 0 N–H and O–H groups in total. The number of hydrogen-bond acceptors (Lipinski definition) is 1. The Bertz CT molecular complexity index is 142. The molecule has 0 radical (unpaired) electrons. The van der Waals surface area contributed by atoms with Crippen molar-refractivity contribution in [3.63, 3.8) is 0 Å². The molecular formula is C10H18O. The first-order chi connectivity index (χ1) is 5.29. The minimum absolute atomic E-state index is 0.818. The van der Waals surface area contributed by atoms with Gasteiger partial charge in [0, 0.05) is 13.2 Å². The van der Waals surface area contributed by atoms with Crippen molar-refractivity contribution >= 4 is 0 Å². The summed E-state index contributed by atoms with van der Waals surface area (Å²) in [5.41, 5.74) is 0. The van der Waals surface area contributed by atoms with E-state index in [0.717, 1.165) is 36.9 Å². The standard InChI is InChI=1S/C10H18O/c1-7-3-4-9-8(2)5-11-6-10(7)9/h7-10H,3-6H2,1-2H3/t7-,8+,9+,10+/m0/s1. The number of hydrogen-bond donors (Lipinski definition) is 0. The molecule has 0 spiro atoms. The van der Waals surface area contributed by atoms with E-state index >= 15 is 0 Å². The van der Waals surface area contributed by atoms with E-state index in [1.165, 1.54) is 12.8 Å². The van der Waals surface area contributed by atoms with E-state index in [1.54, 1.807) is 0 Å². The van der Waals surface area contributed by atoms with Gasteiger partial charge in [-0.3, -0.25) is 0 Å². The summed E-state index contributed by atoms with van der Waals surface area (Å²) < 4.78 is 5.57. The lowest BCUT2D eigenvalue weighted by Gasteiger charge is -2.33. The van der Waals surface area contributed by atoms with E-state index in [9.17, 15) is 0 Å². The highest BCUT2D eigenvalue weighted by atomic mass is 16.5. The van der Waals surface area contributed by atoms with Crippen LogP contribution in [0, 0.1) is 23.7 Å². The molecule has 2 rings (SSSR count). The molecule has 1 heterocycles. The zero-order chi connectivity index (χ0) is 7.84. The van der Waals surface area contributed by atoms with Gasteiger partial charge in [0.1, 0.15) is 0 Å². The van der Waals surface area contributed by atoms with Gasteiger partial charge in [-0.05, 0) is 30.1 Å². The SMILES string of the molecule is C[C@@H]1COC[C@H]2[C@@H]1CC[C@@H]2C. The second kappa shape index (κ2) is 2.78. The van der Waals surface area contributed by atoms with Crippen molar-refractivity contribution in [2.75, 3.05) is 13.2 Å². The quantitative estimate of drug-likeness (QED) is 0.520. The molecule has 1 aliphatic heterocycles. The summed E-state index contributed by atoms with van der Waals surface area (Å²) in [6.07, 6.45) is 2.89. The maximum atomic E-state index is 5.57. The molecule has 1 nitrogen and oxygen atoms in total. The molecule has 0 amide bonds. The largest absolute Gasteiger partial charge is 0.381 e. The lowest BCUT2D eigenvalue weighted by atomic mass is 9.81. The summed E-state index contributed by atoms with van der Waals surface area (Å²) in [7, 11) is 0. The van der Waals surface area contributed by atoms with Crippen LogP contribution in [0.1, 0.15) is 26.7 Å². The Morgan fingerprint density at radius 2 is 1.73 bits per heavy atom. The topological polar surface area (TPSA) is 9.23 Å².